The predicted octanol–water partition coefficient (Wildman–Crippen LogP) is 2.15. The topological polar surface area (TPSA) is 38.0 Å². The molecular formula is C10H12F4N2. The second-order valence-corrected chi connectivity index (χ2v) is 3.52. The molecule has 2 nitrogen and oxygen atoms in total. The molecule has 0 radical (unpaired) electrons. The third-order valence-electron chi connectivity index (χ3n) is 2.08. The molecule has 0 bridgehead atoms. The highest BCUT2D eigenvalue weighted by molar-refractivity contribution is 5.17. The van der Waals surface area contributed by atoms with Crippen LogP contribution in [0.4, 0.5) is 17.6 Å². The summed E-state index contributed by atoms with van der Waals surface area (Å²) in [5.41, 5.74) is 2.56. The number of alkyl halides is 3. The van der Waals surface area contributed by atoms with Crippen LogP contribution in [0.2, 0.25) is 0 Å². The van der Waals surface area contributed by atoms with Crippen LogP contribution in [0.1, 0.15) is 12.0 Å². The van der Waals surface area contributed by atoms with E-state index in [2.05, 4.69) is 5.43 Å². The van der Waals surface area contributed by atoms with Gasteiger partial charge in [-0.3, -0.25) is 11.3 Å². The van der Waals surface area contributed by atoms with E-state index >= 15 is 0 Å². The Balaban J connectivity index is 2.63. The number of hydrogen-bond acceptors (Lipinski definition) is 2. The standard InChI is InChI=1S/C10H12F4N2/c11-8-3-1-2-7(4-8)5-9(16-15)6-10(12,13)14/h1-4,9,16H,5-6,15H2. The van der Waals surface area contributed by atoms with Crippen molar-refractivity contribution in [2.75, 3.05) is 0 Å². The first kappa shape index (κ1) is 12.9. The lowest BCUT2D eigenvalue weighted by Crippen LogP contribution is -2.40. The van der Waals surface area contributed by atoms with Gasteiger partial charge < -0.3 is 0 Å². The van der Waals surface area contributed by atoms with Gasteiger partial charge in [-0.1, -0.05) is 12.1 Å². The summed E-state index contributed by atoms with van der Waals surface area (Å²) in [6.07, 6.45) is -5.29. The van der Waals surface area contributed by atoms with E-state index in [1.165, 1.54) is 18.2 Å². The first-order chi connectivity index (χ1) is 7.40. The van der Waals surface area contributed by atoms with Crippen molar-refractivity contribution in [2.24, 2.45) is 5.84 Å². The highest BCUT2D eigenvalue weighted by Gasteiger charge is 2.31. The van der Waals surface area contributed by atoms with E-state index in [1.54, 1.807) is 6.07 Å². The van der Waals surface area contributed by atoms with Crippen LogP contribution >= 0.6 is 0 Å². The van der Waals surface area contributed by atoms with E-state index < -0.39 is 24.5 Å². The van der Waals surface area contributed by atoms with Gasteiger partial charge in [0.05, 0.1) is 6.42 Å². The molecule has 0 spiro atoms. The lowest BCUT2D eigenvalue weighted by atomic mass is 10.0. The summed E-state index contributed by atoms with van der Waals surface area (Å²) >= 11 is 0. The van der Waals surface area contributed by atoms with Gasteiger partial charge in [0, 0.05) is 6.04 Å². The summed E-state index contributed by atoms with van der Waals surface area (Å²) in [5, 5.41) is 0. The van der Waals surface area contributed by atoms with Crippen molar-refractivity contribution in [3.63, 3.8) is 0 Å². The first-order valence-electron chi connectivity index (χ1n) is 4.68. The van der Waals surface area contributed by atoms with Crippen molar-refractivity contribution in [3.8, 4) is 0 Å². The minimum absolute atomic E-state index is 0.0355. The molecular weight excluding hydrogens is 224 g/mol. The van der Waals surface area contributed by atoms with Crippen molar-refractivity contribution in [2.45, 2.75) is 25.1 Å². The molecule has 1 atom stereocenters. The number of rotatable bonds is 4. The summed E-state index contributed by atoms with van der Waals surface area (Å²) in [7, 11) is 0. The fourth-order valence-corrected chi connectivity index (χ4v) is 1.42. The molecule has 0 saturated heterocycles. The average molecular weight is 236 g/mol. The van der Waals surface area contributed by atoms with Crippen molar-refractivity contribution in [1.82, 2.24) is 5.43 Å². The molecule has 1 aromatic rings. The third-order valence-corrected chi connectivity index (χ3v) is 2.08. The molecule has 6 heteroatoms. The predicted molar refractivity (Wildman–Crippen MR) is 51.9 cm³/mol. The van der Waals surface area contributed by atoms with Crippen molar-refractivity contribution >= 4 is 0 Å². The summed E-state index contributed by atoms with van der Waals surface area (Å²) in [6, 6.07) is 4.50. The Morgan fingerprint density at radius 2 is 2.00 bits per heavy atom. The molecule has 0 amide bonds. The third kappa shape index (κ3) is 4.59. The molecule has 1 aromatic carbocycles. The van der Waals surface area contributed by atoms with E-state index in [0.717, 1.165) is 0 Å². The second kappa shape index (κ2) is 5.27. The molecule has 0 aliphatic heterocycles. The van der Waals surface area contributed by atoms with Gasteiger partial charge in [0.1, 0.15) is 5.82 Å². The summed E-state index contributed by atoms with van der Waals surface area (Å²) in [5.74, 6) is 4.55. The van der Waals surface area contributed by atoms with Crippen LogP contribution < -0.4 is 11.3 Å². The summed E-state index contributed by atoms with van der Waals surface area (Å²) in [6.45, 7) is 0. The Morgan fingerprint density at radius 3 is 2.50 bits per heavy atom. The SMILES string of the molecule is NNC(Cc1cccc(F)c1)CC(F)(F)F. The summed E-state index contributed by atoms with van der Waals surface area (Å²) < 4.78 is 49.1. The van der Waals surface area contributed by atoms with Crippen LogP contribution in [-0.4, -0.2) is 12.2 Å². The average Bonchev–Trinajstić information content (AvgIpc) is 2.14. The lowest BCUT2D eigenvalue weighted by molar-refractivity contribution is -0.140. The molecule has 0 aromatic heterocycles. The molecule has 1 unspecified atom stereocenters. The Hall–Kier alpha value is -1.14. The van der Waals surface area contributed by atoms with Crippen LogP contribution in [0.15, 0.2) is 24.3 Å². The molecule has 16 heavy (non-hydrogen) atoms. The zero-order valence-corrected chi connectivity index (χ0v) is 8.39. The van der Waals surface area contributed by atoms with Gasteiger partial charge in [0.2, 0.25) is 0 Å². The quantitative estimate of drug-likeness (QED) is 0.477. The van der Waals surface area contributed by atoms with Crippen LogP contribution in [0.3, 0.4) is 0 Å². The number of benzene rings is 1. The fraction of sp³-hybridized carbons (Fsp3) is 0.400. The maximum Gasteiger partial charge on any atom is 0.390 e. The smallest absolute Gasteiger partial charge is 0.271 e. The van der Waals surface area contributed by atoms with Crippen LogP contribution in [0.25, 0.3) is 0 Å². The minimum atomic E-state index is -4.29. The molecule has 90 valence electrons. The van der Waals surface area contributed by atoms with Crippen molar-refractivity contribution in [3.05, 3.63) is 35.6 Å². The zero-order chi connectivity index (χ0) is 12.2. The highest BCUT2D eigenvalue weighted by Crippen LogP contribution is 2.22. The molecule has 0 aliphatic carbocycles. The molecule has 1 rings (SSSR count). The van der Waals surface area contributed by atoms with Crippen LogP contribution in [0, 0.1) is 5.82 Å². The van der Waals surface area contributed by atoms with Gasteiger partial charge in [0.25, 0.3) is 0 Å². The maximum atomic E-state index is 12.8. The van der Waals surface area contributed by atoms with Gasteiger partial charge in [0.15, 0.2) is 0 Å². The number of nitrogens with one attached hydrogen (secondary N) is 1. The Bertz CT molecular complexity index is 338. The molecule has 0 heterocycles. The van der Waals surface area contributed by atoms with E-state index in [9.17, 15) is 17.6 Å². The monoisotopic (exact) mass is 236 g/mol. The first-order valence-corrected chi connectivity index (χ1v) is 4.68. The van der Waals surface area contributed by atoms with Gasteiger partial charge in [-0.15, -0.1) is 0 Å². The number of nitrogens with two attached hydrogens (primary N) is 1. The van der Waals surface area contributed by atoms with E-state index in [1.807, 2.05) is 0 Å². The molecule has 0 fully saturated rings. The lowest BCUT2D eigenvalue weighted by Gasteiger charge is -2.17. The van der Waals surface area contributed by atoms with Gasteiger partial charge in [-0.05, 0) is 24.1 Å². The fourth-order valence-electron chi connectivity index (χ4n) is 1.42. The van der Waals surface area contributed by atoms with Crippen LogP contribution in [0.5, 0.6) is 0 Å². The van der Waals surface area contributed by atoms with Gasteiger partial charge in [-0.2, -0.15) is 13.2 Å². The number of hydrogen-bond donors (Lipinski definition) is 2. The summed E-state index contributed by atoms with van der Waals surface area (Å²) in [4.78, 5) is 0. The molecule has 0 aliphatic rings. The largest absolute Gasteiger partial charge is 0.390 e. The molecule has 0 saturated carbocycles. The van der Waals surface area contributed by atoms with Crippen molar-refractivity contribution in [1.29, 1.82) is 0 Å². The van der Waals surface area contributed by atoms with E-state index in [0.29, 0.717) is 5.56 Å². The minimum Gasteiger partial charge on any atom is -0.271 e. The van der Waals surface area contributed by atoms with Crippen LogP contribution in [-0.2, 0) is 6.42 Å². The van der Waals surface area contributed by atoms with Gasteiger partial charge in [-0.25, -0.2) is 4.39 Å². The Labute approximate surface area is 90.4 Å². The Morgan fingerprint density at radius 1 is 1.31 bits per heavy atom. The normalized spacial score (nSPS) is 13.8. The molecule has 3 N–H and O–H groups in total. The Kier molecular flexibility index (Phi) is 4.26. The van der Waals surface area contributed by atoms with Gasteiger partial charge >= 0.3 is 6.18 Å². The highest BCUT2D eigenvalue weighted by atomic mass is 19.4. The second-order valence-electron chi connectivity index (χ2n) is 3.52. The zero-order valence-electron chi connectivity index (χ0n) is 8.39. The number of hydrazine groups is 1. The number of halogens is 4. The van der Waals surface area contributed by atoms with Crippen molar-refractivity contribution < 1.29 is 17.6 Å². The van der Waals surface area contributed by atoms with E-state index in [-0.39, 0.29) is 6.42 Å². The maximum absolute atomic E-state index is 12.8. The van der Waals surface area contributed by atoms with E-state index in [4.69, 9.17) is 5.84 Å².